The lowest BCUT2D eigenvalue weighted by atomic mass is 10.1. The Morgan fingerprint density at radius 2 is 2.00 bits per heavy atom. The van der Waals surface area contributed by atoms with Crippen LogP contribution in [0.15, 0.2) is 23.2 Å². The standard InChI is InChI=1S/C19H31N3O2.HI/c1-4-20-19(22-14-16-8-9-16)21-12-6-7-15-10-11-17(23-3)18(13-15)24-5-2;/h10-11,13,16H,4-9,12,14H2,1-3H3,(H2,20,21,22);1H. The molecule has 0 radical (unpaired) electrons. The number of aliphatic imine (C=N–C) groups is 1. The molecule has 1 aromatic carbocycles. The monoisotopic (exact) mass is 461 g/mol. The Hall–Kier alpha value is -1.18. The van der Waals surface area contributed by atoms with E-state index in [0.29, 0.717) is 6.61 Å². The van der Waals surface area contributed by atoms with E-state index in [9.17, 15) is 0 Å². The summed E-state index contributed by atoms with van der Waals surface area (Å²) in [5.41, 5.74) is 1.26. The maximum atomic E-state index is 5.64. The average molecular weight is 461 g/mol. The minimum atomic E-state index is 0. The van der Waals surface area contributed by atoms with E-state index in [1.807, 2.05) is 13.0 Å². The van der Waals surface area contributed by atoms with Gasteiger partial charge in [-0.25, -0.2) is 0 Å². The number of nitrogens with zero attached hydrogens (tertiary/aromatic N) is 1. The molecule has 2 rings (SSSR count). The summed E-state index contributed by atoms with van der Waals surface area (Å²) in [7, 11) is 1.67. The van der Waals surface area contributed by atoms with Crippen molar-refractivity contribution in [1.29, 1.82) is 0 Å². The molecule has 1 aliphatic rings. The van der Waals surface area contributed by atoms with Gasteiger partial charge in [0.2, 0.25) is 0 Å². The zero-order valence-electron chi connectivity index (χ0n) is 15.6. The largest absolute Gasteiger partial charge is 0.493 e. The van der Waals surface area contributed by atoms with E-state index in [0.717, 1.165) is 55.9 Å². The van der Waals surface area contributed by atoms with Crippen molar-refractivity contribution < 1.29 is 9.47 Å². The van der Waals surface area contributed by atoms with Gasteiger partial charge in [-0.3, -0.25) is 4.99 Å². The van der Waals surface area contributed by atoms with Gasteiger partial charge in [0, 0.05) is 19.6 Å². The summed E-state index contributed by atoms with van der Waals surface area (Å²) in [4.78, 5) is 4.64. The Morgan fingerprint density at radius 1 is 1.20 bits per heavy atom. The smallest absolute Gasteiger partial charge is 0.191 e. The van der Waals surface area contributed by atoms with Gasteiger partial charge < -0.3 is 20.1 Å². The first-order valence-corrected chi connectivity index (χ1v) is 9.08. The van der Waals surface area contributed by atoms with Crippen LogP contribution in [0, 0.1) is 5.92 Å². The van der Waals surface area contributed by atoms with Crippen LogP contribution in [0.5, 0.6) is 11.5 Å². The molecule has 0 spiro atoms. The van der Waals surface area contributed by atoms with Crippen LogP contribution in [-0.4, -0.2) is 39.3 Å². The number of benzene rings is 1. The summed E-state index contributed by atoms with van der Waals surface area (Å²) < 4.78 is 11.0. The summed E-state index contributed by atoms with van der Waals surface area (Å²) in [6.07, 6.45) is 4.72. The highest BCUT2D eigenvalue weighted by Gasteiger charge is 2.20. The third-order valence-corrected chi connectivity index (χ3v) is 4.01. The summed E-state index contributed by atoms with van der Waals surface area (Å²) >= 11 is 0. The Morgan fingerprint density at radius 3 is 2.64 bits per heavy atom. The van der Waals surface area contributed by atoms with Crippen molar-refractivity contribution in [2.24, 2.45) is 10.9 Å². The first kappa shape index (κ1) is 21.9. The molecular formula is C19H32IN3O2. The fraction of sp³-hybridized carbons (Fsp3) is 0.632. The van der Waals surface area contributed by atoms with Crippen molar-refractivity contribution in [1.82, 2.24) is 10.6 Å². The molecule has 1 fully saturated rings. The molecule has 6 heteroatoms. The lowest BCUT2D eigenvalue weighted by Gasteiger charge is -2.13. The maximum absolute atomic E-state index is 5.64. The van der Waals surface area contributed by atoms with Gasteiger partial charge in [-0.05, 0) is 63.1 Å². The van der Waals surface area contributed by atoms with Crippen LogP contribution >= 0.6 is 24.0 Å². The number of nitrogens with one attached hydrogen (secondary N) is 2. The first-order chi connectivity index (χ1) is 11.8. The Labute approximate surface area is 169 Å². The van der Waals surface area contributed by atoms with Gasteiger partial charge in [-0.1, -0.05) is 6.07 Å². The number of ether oxygens (including phenoxy) is 2. The SMILES string of the molecule is CCNC(=NCC1CC1)NCCCc1ccc(OC)c(OCC)c1.I. The highest BCUT2D eigenvalue weighted by atomic mass is 127. The topological polar surface area (TPSA) is 54.9 Å². The summed E-state index contributed by atoms with van der Waals surface area (Å²) in [6.45, 7) is 7.48. The van der Waals surface area contributed by atoms with Gasteiger partial charge in [-0.15, -0.1) is 24.0 Å². The molecule has 0 atom stereocenters. The van der Waals surface area contributed by atoms with E-state index in [2.05, 4.69) is 34.7 Å². The van der Waals surface area contributed by atoms with Crippen molar-refractivity contribution in [2.45, 2.75) is 39.5 Å². The van der Waals surface area contributed by atoms with Gasteiger partial charge >= 0.3 is 0 Å². The Bertz CT molecular complexity index is 533. The molecule has 0 aromatic heterocycles. The van der Waals surface area contributed by atoms with Gasteiger partial charge in [-0.2, -0.15) is 0 Å². The summed E-state index contributed by atoms with van der Waals surface area (Å²) in [5.74, 6) is 3.37. The van der Waals surface area contributed by atoms with Crippen LogP contribution < -0.4 is 20.1 Å². The maximum Gasteiger partial charge on any atom is 0.191 e. The molecule has 0 saturated heterocycles. The molecule has 1 aromatic rings. The second-order valence-electron chi connectivity index (χ2n) is 6.11. The zero-order chi connectivity index (χ0) is 17.2. The van der Waals surface area contributed by atoms with Crippen molar-refractivity contribution >= 4 is 29.9 Å². The number of methoxy groups -OCH3 is 1. The van der Waals surface area contributed by atoms with Crippen LogP contribution in [0.3, 0.4) is 0 Å². The van der Waals surface area contributed by atoms with Crippen LogP contribution in [0.25, 0.3) is 0 Å². The molecule has 1 saturated carbocycles. The van der Waals surface area contributed by atoms with E-state index < -0.39 is 0 Å². The third-order valence-electron chi connectivity index (χ3n) is 4.01. The normalized spacial score (nSPS) is 13.8. The summed E-state index contributed by atoms with van der Waals surface area (Å²) in [5, 5.41) is 6.73. The molecule has 1 aliphatic carbocycles. The quantitative estimate of drug-likeness (QED) is 0.242. The van der Waals surface area contributed by atoms with Gasteiger partial charge in [0.15, 0.2) is 17.5 Å². The van der Waals surface area contributed by atoms with Crippen molar-refractivity contribution in [3.8, 4) is 11.5 Å². The Balaban J connectivity index is 0.00000312. The number of aryl methyl sites for hydroxylation is 1. The molecule has 0 bridgehead atoms. The predicted octanol–water partition coefficient (Wildman–Crippen LogP) is 3.61. The van der Waals surface area contributed by atoms with Crippen LogP contribution in [0.4, 0.5) is 0 Å². The molecule has 25 heavy (non-hydrogen) atoms. The molecule has 0 aliphatic heterocycles. The third kappa shape index (κ3) is 8.16. The molecule has 2 N–H and O–H groups in total. The van der Waals surface area contributed by atoms with E-state index in [4.69, 9.17) is 9.47 Å². The zero-order valence-corrected chi connectivity index (χ0v) is 18.0. The Kier molecular flexibility index (Phi) is 10.7. The first-order valence-electron chi connectivity index (χ1n) is 9.08. The number of hydrogen-bond donors (Lipinski definition) is 2. The predicted molar refractivity (Wildman–Crippen MR) is 115 cm³/mol. The molecule has 0 heterocycles. The summed E-state index contributed by atoms with van der Waals surface area (Å²) in [6, 6.07) is 6.16. The van der Waals surface area contributed by atoms with E-state index in [1.165, 1.54) is 18.4 Å². The molecule has 5 nitrogen and oxygen atoms in total. The fourth-order valence-corrected chi connectivity index (χ4v) is 2.51. The van der Waals surface area contributed by atoms with Gasteiger partial charge in [0.1, 0.15) is 0 Å². The number of rotatable bonds is 10. The number of hydrogen-bond acceptors (Lipinski definition) is 3. The van der Waals surface area contributed by atoms with Crippen LogP contribution in [-0.2, 0) is 6.42 Å². The highest BCUT2D eigenvalue weighted by molar-refractivity contribution is 14.0. The highest BCUT2D eigenvalue weighted by Crippen LogP contribution is 2.29. The van der Waals surface area contributed by atoms with Crippen molar-refractivity contribution in [2.75, 3.05) is 33.4 Å². The lowest BCUT2D eigenvalue weighted by Crippen LogP contribution is -2.38. The van der Waals surface area contributed by atoms with E-state index in [1.54, 1.807) is 7.11 Å². The van der Waals surface area contributed by atoms with Gasteiger partial charge in [0.25, 0.3) is 0 Å². The van der Waals surface area contributed by atoms with Crippen LogP contribution in [0.2, 0.25) is 0 Å². The van der Waals surface area contributed by atoms with E-state index in [-0.39, 0.29) is 24.0 Å². The second-order valence-corrected chi connectivity index (χ2v) is 6.11. The fourth-order valence-electron chi connectivity index (χ4n) is 2.51. The molecule has 0 unspecified atom stereocenters. The minimum absolute atomic E-state index is 0. The average Bonchev–Trinajstić information content (AvgIpc) is 3.41. The van der Waals surface area contributed by atoms with Crippen LogP contribution in [0.1, 0.15) is 38.7 Å². The second kappa shape index (κ2) is 12.2. The molecular weight excluding hydrogens is 429 g/mol. The van der Waals surface area contributed by atoms with Crippen molar-refractivity contribution in [3.63, 3.8) is 0 Å². The molecule has 0 amide bonds. The minimum Gasteiger partial charge on any atom is -0.493 e. The van der Waals surface area contributed by atoms with E-state index >= 15 is 0 Å². The lowest BCUT2D eigenvalue weighted by molar-refractivity contribution is 0.310. The number of guanidine groups is 1. The number of halogens is 1. The van der Waals surface area contributed by atoms with Crippen molar-refractivity contribution in [3.05, 3.63) is 23.8 Å². The molecule has 142 valence electrons. The van der Waals surface area contributed by atoms with Gasteiger partial charge in [0.05, 0.1) is 13.7 Å².